The fourth-order valence-corrected chi connectivity index (χ4v) is 5.02. The zero-order valence-corrected chi connectivity index (χ0v) is 13.8. The predicted molar refractivity (Wildman–Crippen MR) is 84.0 cm³/mol. The van der Waals surface area contributed by atoms with Gasteiger partial charge in [-0.25, -0.2) is 4.98 Å². The van der Waals surface area contributed by atoms with Crippen LogP contribution in [-0.2, 0) is 0 Å². The molecule has 1 aliphatic rings. The molecule has 0 aromatic carbocycles. The zero-order chi connectivity index (χ0) is 13.7. The molecule has 3 nitrogen and oxygen atoms in total. The second-order valence-corrected chi connectivity index (χ2v) is 7.65. The van der Waals surface area contributed by atoms with Gasteiger partial charge in [0.25, 0.3) is 0 Å². The molecule has 1 aromatic rings. The van der Waals surface area contributed by atoms with E-state index in [9.17, 15) is 0 Å². The molecule has 1 heterocycles. The molecule has 19 heavy (non-hydrogen) atoms. The lowest BCUT2D eigenvalue weighted by Gasteiger charge is -2.35. The maximum absolute atomic E-state index is 4.51. The van der Waals surface area contributed by atoms with E-state index in [2.05, 4.69) is 28.5 Å². The smallest absolute Gasteiger partial charge is 0.170 e. The highest BCUT2D eigenvalue weighted by Crippen LogP contribution is 2.38. The van der Waals surface area contributed by atoms with E-state index in [1.54, 1.807) is 11.5 Å². The van der Waals surface area contributed by atoms with Crippen LogP contribution in [0.2, 0.25) is 0 Å². The van der Waals surface area contributed by atoms with Crippen molar-refractivity contribution in [2.24, 2.45) is 5.92 Å². The summed E-state index contributed by atoms with van der Waals surface area (Å²) < 4.78 is 5.44. The molecule has 0 amide bonds. The third-order valence-electron chi connectivity index (χ3n) is 3.90. The topological polar surface area (TPSA) is 37.8 Å². The van der Waals surface area contributed by atoms with Crippen LogP contribution in [0.3, 0.4) is 0 Å². The van der Waals surface area contributed by atoms with Crippen LogP contribution in [-0.4, -0.2) is 27.2 Å². The van der Waals surface area contributed by atoms with E-state index < -0.39 is 0 Å². The van der Waals surface area contributed by atoms with E-state index in [4.69, 9.17) is 0 Å². The van der Waals surface area contributed by atoms with Crippen molar-refractivity contribution in [1.82, 2.24) is 14.7 Å². The van der Waals surface area contributed by atoms with Crippen LogP contribution in [0.4, 0.5) is 0 Å². The third-order valence-corrected chi connectivity index (χ3v) is 6.13. The number of hydrogen-bond acceptors (Lipinski definition) is 5. The summed E-state index contributed by atoms with van der Waals surface area (Å²) in [5, 5.41) is 4.39. The predicted octanol–water partition coefficient (Wildman–Crippen LogP) is 3.89. The van der Waals surface area contributed by atoms with E-state index in [-0.39, 0.29) is 0 Å². The molecule has 0 saturated heterocycles. The van der Waals surface area contributed by atoms with Gasteiger partial charge in [0, 0.05) is 11.3 Å². The molecule has 3 atom stereocenters. The molecular weight excluding hydrogens is 274 g/mol. The molecule has 0 spiro atoms. The van der Waals surface area contributed by atoms with Gasteiger partial charge in [0.2, 0.25) is 0 Å². The van der Waals surface area contributed by atoms with E-state index in [1.807, 2.05) is 18.7 Å². The summed E-state index contributed by atoms with van der Waals surface area (Å²) in [6.45, 7) is 7.67. The summed E-state index contributed by atoms with van der Waals surface area (Å²) >= 11 is 3.50. The Hall–Kier alpha value is -0.130. The highest BCUT2D eigenvalue weighted by atomic mass is 32.2. The van der Waals surface area contributed by atoms with Gasteiger partial charge in [-0.2, -0.15) is 4.37 Å². The van der Waals surface area contributed by atoms with Crippen molar-refractivity contribution in [3.05, 3.63) is 5.82 Å². The minimum Gasteiger partial charge on any atom is -0.313 e. The van der Waals surface area contributed by atoms with Crippen molar-refractivity contribution in [1.29, 1.82) is 0 Å². The first-order valence-corrected chi connectivity index (χ1v) is 9.08. The summed E-state index contributed by atoms with van der Waals surface area (Å²) in [5.41, 5.74) is 0. The highest BCUT2D eigenvalue weighted by molar-refractivity contribution is 8.01. The first kappa shape index (κ1) is 15.3. The number of aryl methyl sites for hydroxylation is 1. The Kier molecular flexibility index (Phi) is 6.10. The standard InChI is InChI=1S/C14H25N3S2/c1-4-8-15-12-7-6-11(5-2)9-13(12)18-14-16-10(3)17-19-14/h11-13,15H,4-9H2,1-3H3. The molecule has 5 heteroatoms. The van der Waals surface area contributed by atoms with Crippen molar-refractivity contribution < 1.29 is 0 Å². The van der Waals surface area contributed by atoms with Gasteiger partial charge in [0.05, 0.1) is 0 Å². The monoisotopic (exact) mass is 299 g/mol. The first-order chi connectivity index (χ1) is 9.22. The minimum atomic E-state index is 0.650. The van der Waals surface area contributed by atoms with Crippen LogP contribution in [0.1, 0.15) is 51.8 Å². The number of aromatic nitrogens is 2. The van der Waals surface area contributed by atoms with E-state index in [1.165, 1.54) is 32.1 Å². The lowest BCUT2D eigenvalue weighted by atomic mass is 9.84. The van der Waals surface area contributed by atoms with Gasteiger partial charge >= 0.3 is 0 Å². The van der Waals surface area contributed by atoms with Crippen LogP contribution in [0.15, 0.2) is 4.34 Å². The molecule has 0 radical (unpaired) electrons. The van der Waals surface area contributed by atoms with Crippen molar-refractivity contribution >= 4 is 23.3 Å². The minimum absolute atomic E-state index is 0.650. The second kappa shape index (κ2) is 7.60. The Balaban J connectivity index is 1.97. The van der Waals surface area contributed by atoms with Crippen molar-refractivity contribution in [2.75, 3.05) is 6.54 Å². The molecule has 3 unspecified atom stereocenters. The lowest BCUT2D eigenvalue weighted by Crippen LogP contribution is -2.42. The van der Waals surface area contributed by atoms with Gasteiger partial charge < -0.3 is 5.32 Å². The van der Waals surface area contributed by atoms with Crippen molar-refractivity contribution in [3.8, 4) is 0 Å². The van der Waals surface area contributed by atoms with Crippen LogP contribution in [0.25, 0.3) is 0 Å². The van der Waals surface area contributed by atoms with Crippen LogP contribution < -0.4 is 5.32 Å². The molecule has 1 aliphatic carbocycles. The van der Waals surface area contributed by atoms with Gasteiger partial charge in [0.15, 0.2) is 4.34 Å². The number of nitrogens with zero attached hydrogens (tertiary/aromatic N) is 2. The Morgan fingerprint density at radius 3 is 2.84 bits per heavy atom. The number of nitrogens with one attached hydrogen (secondary N) is 1. The van der Waals surface area contributed by atoms with Crippen LogP contribution in [0.5, 0.6) is 0 Å². The van der Waals surface area contributed by atoms with Crippen molar-refractivity contribution in [2.45, 2.75) is 68.5 Å². The van der Waals surface area contributed by atoms with Crippen LogP contribution >= 0.6 is 23.3 Å². The van der Waals surface area contributed by atoms with Gasteiger partial charge in [-0.1, -0.05) is 32.0 Å². The third kappa shape index (κ3) is 4.43. The number of hydrogen-bond donors (Lipinski definition) is 1. The largest absolute Gasteiger partial charge is 0.313 e. The average molecular weight is 300 g/mol. The Labute approximate surface area is 125 Å². The van der Waals surface area contributed by atoms with Gasteiger partial charge in [0.1, 0.15) is 5.82 Å². The summed E-state index contributed by atoms with van der Waals surface area (Å²) in [5.74, 6) is 1.81. The second-order valence-electron chi connectivity index (χ2n) is 5.41. The molecule has 1 aromatic heterocycles. The van der Waals surface area contributed by atoms with Gasteiger partial charge in [-0.15, -0.1) is 0 Å². The summed E-state index contributed by atoms with van der Waals surface area (Å²) in [7, 11) is 0. The van der Waals surface area contributed by atoms with Gasteiger partial charge in [-0.3, -0.25) is 0 Å². The zero-order valence-electron chi connectivity index (χ0n) is 12.2. The summed E-state index contributed by atoms with van der Waals surface area (Å²) in [4.78, 5) is 4.51. The maximum atomic E-state index is 4.51. The van der Waals surface area contributed by atoms with E-state index in [0.29, 0.717) is 11.3 Å². The van der Waals surface area contributed by atoms with Crippen molar-refractivity contribution in [3.63, 3.8) is 0 Å². The summed E-state index contributed by atoms with van der Waals surface area (Å²) in [6, 6.07) is 0.650. The van der Waals surface area contributed by atoms with Gasteiger partial charge in [-0.05, 0) is 56.6 Å². The molecule has 108 valence electrons. The molecule has 0 bridgehead atoms. The molecule has 1 saturated carbocycles. The normalized spacial score (nSPS) is 27.6. The number of rotatable bonds is 6. The van der Waals surface area contributed by atoms with E-state index >= 15 is 0 Å². The molecule has 1 N–H and O–H groups in total. The maximum Gasteiger partial charge on any atom is 0.170 e. The Morgan fingerprint density at radius 1 is 1.37 bits per heavy atom. The summed E-state index contributed by atoms with van der Waals surface area (Å²) in [6.07, 6.45) is 6.54. The fourth-order valence-electron chi connectivity index (χ4n) is 2.73. The Bertz CT molecular complexity index is 381. The molecular formula is C14H25N3S2. The molecule has 2 rings (SSSR count). The molecule has 0 aliphatic heterocycles. The first-order valence-electron chi connectivity index (χ1n) is 7.43. The number of thioether (sulfide) groups is 1. The average Bonchev–Trinajstić information content (AvgIpc) is 2.82. The molecule has 1 fully saturated rings. The SMILES string of the molecule is CCCNC1CCC(CC)CC1Sc1nc(C)ns1. The quantitative estimate of drug-likeness (QED) is 0.865. The highest BCUT2D eigenvalue weighted by Gasteiger charge is 2.30. The fraction of sp³-hybridized carbons (Fsp3) is 0.857. The van der Waals surface area contributed by atoms with Crippen LogP contribution in [0, 0.1) is 12.8 Å². The lowest BCUT2D eigenvalue weighted by molar-refractivity contribution is 0.295. The van der Waals surface area contributed by atoms with E-state index in [0.717, 1.165) is 22.6 Å². The Morgan fingerprint density at radius 2 is 2.21 bits per heavy atom.